The fourth-order valence-corrected chi connectivity index (χ4v) is 2.47. The van der Waals surface area contributed by atoms with E-state index in [1.54, 1.807) is 6.08 Å². The zero-order chi connectivity index (χ0) is 14.6. The van der Waals surface area contributed by atoms with Gasteiger partial charge in [-0.2, -0.15) is 13.2 Å². The van der Waals surface area contributed by atoms with Crippen LogP contribution in [0, 0.1) is 5.92 Å². The Kier molecular flexibility index (Phi) is 4.69. The van der Waals surface area contributed by atoms with Crippen LogP contribution in [-0.4, -0.2) is 37.8 Å². The van der Waals surface area contributed by atoms with Crippen LogP contribution in [0.2, 0.25) is 0 Å². The van der Waals surface area contributed by atoms with Crippen molar-refractivity contribution in [1.29, 1.82) is 0 Å². The second-order valence-electron chi connectivity index (χ2n) is 5.01. The van der Waals surface area contributed by atoms with Crippen LogP contribution in [0.15, 0.2) is 23.9 Å². The Hall–Kier alpha value is -1.50. The van der Waals surface area contributed by atoms with Crippen LogP contribution in [0.25, 0.3) is 0 Å². The SMILES string of the molecule is O=C(NCC1=CC=CC(C2CCNCC2)N1)C(F)(F)F. The number of hydrogen-bond acceptors (Lipinski definition) is 3. The third kappa shape index (κ3) is 4.00. The first-order valence-electron chi connectivity index (χ1n) is 6.66. The van der Waals surface area contributed by atoms with E-state index in [9.17, 15) is 18.0 Å². The highest BCUT2D eigenvalue weighted by Gasteiger charge is 2.38. The maximum Gasteiger partial charge on any atom is 0.471 e. The third-order valence-corrected chi connectivity index (χ3v) is 3.56. The first-order valence-corrected chi connectivity index (χ1v) is 6.66. The summed E-state index contributed by atoms with van der Waals surface area (Å²) in [6.45, 7) is 1.78. The number of carbonyl (C=O) groups excluding carboxylic acids is 1. The highest BCUT2D eigenvalue weighted by Crippen LogP contribution is 2.20. The maximum atomic E-state index is 12.1. The van der Waals surface area contributed by atoms with E-state index in [1.165, 1.54) is 0 Å². The zero-order valence-corrected chi connectivity index (χ0v) is 11.0. The minimum Gasteiger partial charge on any atom is -0.380 e. The number of rotatable bonds is 3. The summed E-state index contributed by atoms with van der Waals surface area (Å²) in [5, 5.41) is 8.34. The Morgan fingerprint density at radius 1 is 1.35 bits per heavy atom. The Bertz CT molecular complexity index is 412. The minimum atomic E-state index is -4.83. The number of halogens is 3. The van der Waals surface area contributed by atoms with E-state index in [-0.39, 0.29) is 12.6 Å². The monoisotopic (exact) mass is 289 g/mol. The molecule has 20 heavy (non-hydrogen) atoms. The van der Waals surface area contributed by atoms with Gasteiger partial charge in [-0.15, -0.1) is 0 Å². The molecule has 1 unspecified atom stereocenters. The molecule has 4 nitrogen and oxygen atoms in total. The molecule has 1 saturated heterocycles. The largest absolute Gasteiger partial charge is 0.471 e. The first kappa shape index (κ1) is 14.9. The van der Waals surface area contributed by atoms with Crippen molar-refractivity contribution in [2.75, 3.05) is 19.6 Å². The second kappa shape index (κ2) is 6.30. The highest BCUT2D eigenvalue weighted by molar-refractivity contribution is 5.81. The molecule has 2 heterocycles. The van der Waals surface area contributed by atoms with Crippen molar-refractivity contribution in [3.63, 3.8) is 0 Å². The van der Waals surface area contributed by atoms with Crippen LogP contribution in [-0.2, 0) is 4.79 Å². The van der Waals surface area contributed by atoms with Crippen molar-refractivity contribution in [2.24, 2.45) is 5.92 Å². The molecule has 0 aromatic carbocycles. The summed E-state index contributed by atoms with van der Waals surface area (Å²) in [5.74, 6) is -1.44. The first-order chi connectivity index (χ1) is 9.47. The number of carbonyl (C=O) groups is 1. The summed E-state index contributed by atoms with van der Waals surface area (Å²) in [7, 11) is 0. The van der Waals surface area contributed by atoms with Gasteiger partial charge in [0.05, 0.1) is 6.54 Å². The molecule has 2 aliphatic rings. The molecule has 0 spiro atoms. The van der Waals surface area contributed by atoms with Crippen LogP contribution in [0.5, 0.6) is 0 Å². The molecule has 2 aliphatic heterocycles. The van der Waals surface area contributed by atoms with Gasteiger partial charge in [0.25, 0.3) is 0 Å². The van der Waals surface area contributed by atoms with E-state index in [1.807, 2.05) is 17.5 Å². The average Bonchev–Trinajstić information content (AvgIpc) is 2.45. The van der Waals surface area contributed by atoms with Gasteiger partial charge in [0, 0.05) is 11.7 Å². The highest BCUT2D eigenvalue weighted by atomic mass is 19.4. The van der Waals surface area contributed by atoms with Crippen LogP contribution < -0.4 is 16.0 Å². The molecule has 112 valence electrons. The molecule has 7 heteroatoms. The topological polar surface area (TPSA) is 53.2 Å². The number of amides is 1. The molecular weight excluding hydrogens is 271 g/mol. The molecule has 1 fully saturated rings. The molecule has 3 N–H and O–H groups in total. The number of allylic oxidation sites excluding steroid dienone is 2. The van der Waals surface area contributed by atoms with E-state index in [4.69, 9.17) is 0 Å². The molecule has 0 aromatic rings. The summed E-state index contributed by atoms with van der Waals surface area (Å²) in [6, 6.07) is 0.125. The fraction of sp³-hybridized carbons (Fsp3) is 0.615. The van der Waals surface area contributed by atoms with Crippen molar-refractivity contribution in [2.45, 2.75) is 25.1 Å². The maximum absolute atomic E-state index is 12.1. The van der Waals surface area contributed by atoms with Gasteiger partial charge in [-0.25, -0.2) is 0 Å². The van der Waals surface area contributed by atoms with Gasteiger partial charge in [-0.1, -0.05) is 12.2 Å². The molecule has 1 amide bonds. The lowest BCUT2D eigenvalue weighted by atomic mass is 9.89. The number of dihydropyridines is 1. The average molecular weight is 289 g/mol. The lowest BCUT2D eigenvalue weighted by Crippen LogP contribution is -2.44. The van der Waals surface area contributed by atoms with Crippen LogP contribution in [0.4, 0.5) is 13.2 Å². The third-order valence-electron chi connectivity index (χ3n) is 3.56. The lowest BCUT2D eigenvalue weighted by Gasteiger charge is -2.32. The lowest BCUT2D eigenvalue weighted by molar-refractivity contribution is -0.173. The van der Waals surface area contributed by atoms with Gasteiger partial charge >= 0.3 is 12.1 Å². The van der Waals surface area contributed by atoms with E-state index < -0.39 is 12.1 Å². The molecule has 0 saturated carbocycles. The Balaban J connectivity index is 1.83. The summed E-state index contributed by atoms with van der Waals surface area (Å²) >= 11 is 0. The van der Waals surface area contributed by atoms with Crippen molar-refractivity contribution in [3.05, 3.63) is 23.9 Å². The number of nitrogens with one attached hydrogen (secondary N) is 3. The summed E-state index contributed by atoms with van der Waals surface area (Å²) in [5.41, 5.74) is 0.605. The molecule has 0 radical (unpaired) electrons. The fourth-order valence-electron chi connectivity index (χ4n) is 2.47. The number of alkyl halides is 3. The van der Waals surface area contributed by atoms with Crippen molar-refractivity contribution in [1.82, 2.24) is 16.0 Å². The quantitative estimate of drug-likeness (QED) is 0.728. The second-order valence-corrected chi connectivity index (χ2v) is 5.01. The van der Waals surface area contributed by atoms with E-state index >= 15 is 0 Å². The number of hydrogen-bond donors (Lipinski definition) is 3. The molecular formula is C13H18F3N3O. The Morgan fingerprint density at radius 3 is 2.70 bits per heavy atom. The standard InChI is InChI=1S/C13H18F3N3O/c14-13(15,16)12(20)18-8-10-2-1-3-11(19-10)9-4-6-17-7-5-9/h1-3,9,11,17,19H,4-8H2,(H,18,20). The number of piperidine rings is 1. The zero-order valence-electron chi connectivity index (χ0n) is 11.0. The van der Waals surface area contributed by atoms with Crippen molar-refractivity contribution in [3.8, 4) is 0 Å². The predicted octanol–water partition coefficient (Wildman–Crippen LogP) is 1.08. The van der Waals surface area contributed by atoms with E-state index in [0.717, 1.165) is 25.9 Å². The van der Waals surface area contributed by atoms with E-state index in [2.05, 4.69) is 10.6 Å². The molecule has 0 aliphatic carbocycles. The normalized spacial score (nSPS) is 23.9. The van der Waals surface area contributed by atoms with Gasteiger partial charge in [0.15, 0.2) is 0 Å². The van der Waals surface area contributed by atoms with Gasteiger partial charge in [0.1, 0.15) is 0 Å². The van der Waals surface area contributed by atoms with Gasteiger partial charge in [-0.3, -0.25) is 4.79 Å². The predicted molar refractivity (Wildman–Crippen MR) is 68.8 cm³/mol. The van der Waals surface area contributed by atoms with E-state index in [0.29, 0.717) is 11.6 Å². The minimum absolute atomic E-state index is 0.125. The van der Waals surface area contributed by atoms with Crippen LogP contribution in [0.3, 0.4) is 0 Å². The molecule has 0 bridgehead atoms. The summed E-state index contributed by atoms with van der Waals surface area (Å²) in [4.78, 5) is 10.8. The van der Waals surface area contributed by atoms with Crippen molar-refractivity contribution < 1.29 is 18.0 Å². The smallest absolute Gasteiger partial charge is 0.380 e. The van der Waals surface area contributed by atoms with Crippen molar-refractivity contribution >= 4 is 5.91 Å². The van der Waals surface area contributed by atoms with Crippen LogP contribution in [0.1, 0.15) is 12.8 Å². The van der Waals surface area contributed by atoms with Gasteiger partial charge < -0.3 is 16.0 Å². The van der Waals surface area contributed by atoms with Crippen LogP contribution >= 0.6 is 0 Å². The molecule has 2 rings (SSSR count). The molecule has 0 aromatic heterocycles. The summed E-state index contributed by atoms with van der Waals surface area (Å²) in [6.07, 6.45) is 2.77. The Morgan fingerprint density at radius 2 is 2.05 bits per heavy atom. The molecule has 1 atom stereocenters. The Labute approximate surface area is 115 Å². The van der Waals surface area contributed by atoms with Gasteiger partial charge in [-0.05, 0) is 37.9 Å². The van der Waals surface area contributed by atoms with Gasteiger partial charge in [0.2, 0.25) is 0 Å². The summed E-state index contributed by atoms with van der Waals surface area (Å²) < 4.78 is 36.3.